The Hall–Kier alpha value is -3.92. The molecule has 0 heterocycles. The standard InChI is InChI=1S/C26H22N2O2/c1-17-7-3-5-9-23(17)27-25(29)21-13-11-20-16-22(14-12-19(20)15-21)26(30)28-24-10-6-4-8-18(24)2/h3-16H,1-2H3,(H,27,29)(H,28,30). The molecule has 0 saturated carbocycles. The summed E-state index contributed by atoms with van der Waals surface area (Å²) < 4.78 is 0. The SMILES string of the molecule is Cc1ccccc1NC(=O)c1ccc2cc(C(=O)Nc3ccccc3C)ccc2c1. The van der Waals surface area contributed by atoms with Crippen LogP contribution in [0.1, 0.15) is 31.8 Å². The third-order valence-corrected chi connectivity index (χ3v) is 5.15. The summed E-state index contributed by atoms with van der Waals surface area (Å²) >= 11 is 0. The lowest BCUT2D eigenvalue weighted by Gasteiger charge is -2.10. The van der Waals surface area contributed by atoms with Crippen molar-refractivity contribution in [2.75, 3.05) is 10.6 Å². The van der Waals surface area contributed by atoms with Gasteiger partial charge in [-0.05, 0) is 72.1 Å². The summed E-state index contributed by atoms with van der Waals surface area (Å²) in [5, 5.41) is 7.71. The van der Waals surface area contributed by atoms with E-state index in [1.165, 1.54) is 0 Å². The van der Waals surface area contributed by atoms with E-state index < -0.39 is 0 Å². The van der Waals surface area contributed by atoms with Gasteiger partial charge in [-0.15, -0.1) is 0 Å². The normalized spacial score (nSPS) is 10.6. The van der Waals surface area contributed by atoms with Crippen LogP contribution in [0.4, 0.5) is 11.4 Å². The fourth-order valence-electron chi connectivity index (χ4n) is 3.34. The van der Waals surface area contributed by atoms with Crippen molar-refractivity contribution in [3.8, 4) is 0 Å². The van der Waals surface area contributed by atoms with E-state index in [0.29, 0.717) is 11.1 Å². The summed E-state index contributed by atoms with van der Waals surface area (Å²) in [7, 11) is 0. The molecule has 2 N–H and O–H groups in total. The molecule has 2 amide bonds. The highest BCUT2D eigenvalue weighted by Gasteiger charge is 2.11. The second-order valence-electron chi connectivity index (χ2n) is 7.31. The maximum atomic E-state index is 12.6. The number of aryl methyl sites for hydroxylation is 2. The first-order valence-electron chi connectivity index (χ1n) is 9.79. The molecule has 148 valence electrons. The largest absolute Gasteiger partial charge is 0.322 e. The van der Waals surface area contributed by atoms with Crippen molar-refractivity contribution in [1.82, 2.24) is 0 Å². The number of fused-ring (bicyclic) bond motifs is 1. The Morgan fingerprint density at radius 1 is 0.567 bits per heavy atom. The van der Waals surface area contributed by atoms with E-state index in [2.05, 4.69) is 10.6 Å². The molecule has 0 bridgehead atoms. The fourth-order valence-corrected chi connectivity index (χ4v) is 3.34. The molecule has 0 atom stereocenters. The highest BCUT2D eigenvalue weighted by molar-refractivity contribution is 6.09. The van der Waals surface area contributed by atoms with Crippen LogP contribution in [-0.4, -0.2) is 11.8 Å². The van der Waals surface area contributed by atoms with Gasteiger partial charge in [0.15, 0.2) is 0 Å². The zero-order valence-electron chi connectivity index (χ0n) is 16.9. The van der Waals surface area contributed by atoms with Gasteiger partial charge in [-0.25, -0.2) is 0 Å². The second kappa shape index (κ2) is 8.21. The molecule has 4 heteroatoms. The average Bonchev–Trinajstić information content (AvgIpc) is 2.76. The molecule has 0 aliphatic carbocycles. The van der Waals surface area contributed by atoms with Crippen molar-refractivity contribution in [3.05, 3.63) is 107 Å². The van der Waals surface area contributed by atoms with Gasteiger partial charge in [0, 0.05) is 22.5 Å². The molecule has 0 unspecified atom stereocenters. The third kappa shape index (κ3) is 4.08. The Balaban J connectivity index is 1.55. The Morgan fingerprint density at radius 2 is 0.967 bits per heavy atom. The van der Waals surface area contributed by atoms with Crippen molar-refractivity contribution in [2.24, 2.45) is 0 Å². The van der Waals surface area contributed by atoms with E-state index in [1.54, 1.807) is 12.1 Å². The van der Waals surface area contributed by atoms with E-state index in [9.17, 15) is 9.59 Å². The summed E-state index contributed by atoms with van der Waals surface area (Å²) in [5.74, 6) is -0.319. The molecule has 0 radical (unpaired) electrons. The second-order valence-corrected chi connectivity index (χ2v) is 7.31. The molecule has 4 nitrogen and oxygen atoms in total. The zero-order chi connectivity index (χ0) is 21.1. The third-order valence-electron chi connectivity index (χ3n) is 5.15. The van der Waals surface area contributed by atoms with E-state index in [1.807, 2.05) is 86.6 Å². The van der Waals surface area contributed by atoms with Crippen LogP contribution in [0.3, 0.4) is 0 Å². The highest BCUT2D eigenvalue weighted by atomic mass is 16.2. The predicted molar refractivity (Wildman–Crippen MR) is 122 cm³/mol. The Morgan fingerprint density at radius 3 is 1.37 bits per heavy atom. The van der Waals surface area contributed by atoms with Gasteiger partial charge in [-0.3, -0.25) is 9.59 Å². The number of nitrogens with one attached hydrogen (secondary N) is 2. The highest BCUT2D eigenvalue weighted by Crippen LogP contribution is 2.21. The lowest BCUT2D eigenvalue weighted by molar-refractivity contribution is 0.101. The van der Waals surface area contributed by atoms with Gasteiger partial charge in [0.05, 0.1) is 0 Å². The lowest BCUT2D eigenvalue weighted by Crippen LogP contribution is -2.13. The number of rotatable bonds is 4. The number of benzene rings is 4. The maximum absolute atomic E-state index is 12.6. The van der Waals surface area contributed by atoms with E-state index in [4.69, 9.17) is 0 Å². The van der Waals surface area contributed by atoms with E-state index >= 15 is 0 Å². The van der Waals surface area contributed by atoms with Crippen LogP contribution in [0.15, 0.2) is 84.9 Å². The van der Waals surface area contributed by atoms with Crippen molar-refractivity contribution in [2.45, 2.75) is 13.8 Å². The molecule has 0 aromatic heterocycles. The van der Waals surface area contributed by atoms with E-state index in [-0.39, 0.29) is 11.8 Å². The van der Waals surface area contributed by atoms with Gasteiger partial charge in [-0.1, -0.05) is 48.5 Å². The van der Waals surface area contributed by atoms with Crippen molar-refractivity contribution < 1.29 is 9.59 Å². The molecule has 4 aromatic carbocycles. The minimum atomic E-state index is -0.160. The first-order valence-corrected chi connectivity index (χ1v) is 9.79. The first kappa shape index (κ1) is 19.4. The van der Waals surface area contributed by atoms with Gasteiger partial charge >= 0.3 is 0 Å². The Kier molecular flexibility index (Phi) is 5.31. The number of hydrogen-bond donors (Lipinski definition) is 2. The molecule has 4 aromatic rings. The van der Waals surface area contributed by atoms with Crippen LogP contribution in [0.25, 0.3) is 10.8 Å². The van der Waals surface area contributed by atoms with Gasteiger partial charge in [0.1, 0.15) is 0 Å². The summed E-state index contributed by atoms with van der Waals surface area (Å²) in [6.07, 6.45) is 0. The molecular weight excluding hydrogens is 372 g/mol. The summed E-state index contributed by atoms with van der Waals surface area (Å²) in [4.78, 5) is 25.3. The average molecular weight is 394 g/mol. The fraction of sp³-hybridized carbons (Fsp3) is 0.0769. The zero-order valence-corrected chi connectivity index (χ0v) is 16.9. The first-order chi connectivity index (χ1) is 14.5. The van der Waals surface area contributed by atoms with E-state index in [0.717, 1.165) is 33.3 Å². The summed E-state index contributed by atoms with van der Waals surface area (Å²) in [5.41, 5.74) is 4.76. The monoisotopic (exact) mass is 394 g/mol. The van der Waals surface area contributed by atoms with Crippen LogP contribution in [0.2, 0.25) is 0 Å². The quantitative estimate of drug-likeness (QED) is 0.449. The number of carbonyl (C=O) groups is 2. The maximum Gasteiger partial charge on any atom is 0.255 e. The molecule has 0 aliphatic rings. The molecule has 0 saturated heterocycles. The Bertz CT molecular complexity index is 1160. The molecular formula is C26H22N2O2. The van der Waals surface area contributed by atoms with Crippen molar-refractivity contribution >= 4 is 34.0 Å². The number of hydrogen-bond acceptors (Lipinski definition) is 2. The molecule has 4 rings (SSSR count). The van der Waals surface area contributed by atoms with Gasteiger partial charge in [0.2, 0.25) is 0 Å². The van der Waals surface area contributed by atoms with Gasteiger partial charge in [0.25, 0.3) is 11.8 Å². The molecule has 0 fully saturated rings. The van der Waals surface area contributed by atoms with Gasteiger partial charge in [-0.2, -0.15) is 0 Å². The number of carbonyl (C=O) groups excluding carboxylic acids is 2. The number of amides is 2. The Labute approximate surface area is 175 Å². The molecule has 0 spiro atoms. The number of para-hydroxylation sites is 2. The summed E-state index contributed by atoms with van der Waals surface area (Å²) in [6.45, 7) is 3.92. The van der Waals surface area contributed by atoms with Crippen LogP contribution in [0.5, 0.6) is 0 Å². The van der Waals surface area contributed by atoms with Crippen LogP contribution in [-0.2, 0) is 0 Å². The smallest absolute Gasteiger partial charge is 0.255 e. The van der Waals surface area contributed by atoms with Crippen LogP contribution < -0.4 is 10.6 Å². The molecule has 0 aliphatic heterocycles. The van der Waals surface area contributed by atoms with Crippen molar-refractivity contribution in [3.63, 3.8) is 0 Å². The van der Waals surface area contributed by atoms with Gasteiger partial charge < -0.3 is 10.6 Å². The predicted octanol–water partition coefficient (Wildman–Crippen LogP) is 5.96. The van der Waals surface area contributed by atoms with Crippen LogP contribution in [0, 0.1) is 13.8 Å². The lowest BCUT2D eigenvalue weighted by atomic mass is 10.0. The minimum Gasteiger partial charge on any atom is -0.322 e. The van der Waals surface area contributed by atoms with Crippen LogP contribution >= 0.6 is 0 Å². The molecule has 30 heavy (non-hydrogen) atoms. The minimum absolute atomic E-state index is 0.160. The van der Waals surface area contributed by atoms with Crippen molar-refractivity contribution in [1.29, 1.82) is 0 Å². The summed E-state index contributed by atoms with van der Waals surface area (Å²) in [6, 6.07) is 26.3. The number of anilines is 2. The topological polar surface area (TPSA) is 58.2 Å².